The maximum atomic E-state index is 2.55. The number of para-hydroxylation sites is 5. The highest BCUT2D eigenvalue weighted by Gasteiger charge is 2.24. The van der Waals surface area contributed by atoms with Crippen LogP contribution in [0.4, 0.5) is 56.9 Å². The van der Waals surface area contributed by atoms with Gasteiger partial charge in [0.2, 0.25) is 0 Å². The Morgan fingerprint density at radius 3 is 0.855 bits per heavy atom. The summed E-state index contributed by atoms with van der Waals surface area (Å²) in [5.74, 6) is 0. The van der Waals surface area contributed by atoms with Crippen molar-refractivity contribution in [3.05, 3.63) is 321 Å². The van der Waals surface area contributed by atoms with Crippen LogP contribution >= 0.6 is 0 Å². The molecular weight excluding hydrogens is 921 g/mol. The monoisotopic (exact) mass is 978 g/mol. The van der Waals surface area contributed by atoms with Crippen LogP contribution in [0.2, 0.25) is 0 Å². The molecule has 0 bridgehead atoms. The average Bonchev–Trinajstić information content (AvgIpc) is 3.51. The lowest BCUT2D eigenvalue weighted by atomic mass is 9.93. The first-order chi connectivity index (χ1) is 37.7. The van der Waals surface area contributed by atoms with Crippen LogP contribution in [-0.4, -0.2) is 6.04 Å². The first-order valence-electron chi connectivity index (χ1n) is 26.4. The Bertz CT molecular complexity index is 3530. The van der Waals surface area contributed by atoms with Crippen LogP contribution in [0.5, 0.6) is 0 Å². The van der Waals surface area contributed by atoms with Crippen molar-refractivity contribution in [2.75, 3.05) is 19.6 Å². The molecule has 10 aromatic carbocycles. The standard InChI is InChI=1S/C72H58N4/c1-7-19-61(20-8-1)73(62-21-9-2-10-22-62)67-43-31-55(32-44-67)57-35-47-69(48-36-57)75(65-27-15-5-16-28-65)71-51-39-59(40-52-71)60-41-53-72(54-42-60)76(66-29-17-6-18-30-66)70-49-37-58(38-50-70)56-33-45-68(46-34-56)74(63-23-11-3-12-24-63)64-25-13-4-14-26-64/h1-29,31-37,39-49,51-54,66H,30,38,50H2. The number of rotatable bonds is 15. The van der Waals surface area contributed by atoms with Crippen LogP contribution in [0, 0.1) is 0 Å². The van der Waals surface area contributed by atoms with Gasteiger partial charge >= 0.3 is 0 Å². The molecule has 0 saturated carbocycles. The Hall–Kier alpha value is -9.64. The predicted octanol–water partition coefficient (Wildman–Crippen LogP) is 19.9. The molecule has 0 amide bonds. The van der Waals surface area contributed by atoms with Gasteiger partial charge in [-0.15, -0.1) is 0 Å². The minimum absolute atomic E-state index is 0.243. The molecule has 2 aliphatic carbocycles. The Morgan fingerprint density at radius 1 is 0.263 bits per heavy atom. The van der Waals surface area contributed by atoms with E-state index >= 15 is 0 Å². The average molecular weight is 979 g/mol. The van der Waals surface area contributed by atoms with Crippen LogP contribution in [0.25, 0.3) is 27.8 Å². The van der Waals surface area contributed by atoms with E-state index < -0.39 is 0 Å². The molecule has 2 aliphatic rings. The third-order valence-electron chi connectivity index (χ3n) is 14.5. The predicted molar refractivity (Wildman–Crippen MR) is 322 cm³/mol. The van der Waals surface area contributed by atoms with Gasteiger partial charge in [-0.05, 0) is 180 Å². The zero-order chi connectivity index (χ0) is 50.9. The van der Waals surface area contributed by atoms with Crippen molar-refractivity contribution >= 4 is 62.4 Å². The van der Waals surface area contributed by atoms with E-state index in [1.54, 1.807) is 0 Å². The molecule has 0 fully saturated rings. The summed E-state index contributed by atoms with van der Waals surface area (Å²) in [6.07, 6.45) is 16.6. The molecule has 0 heterocycles. The van der Waals surface area contributed by atoms with Crippen molar-refractivity contribution in [1.82, 2.24) is 0 Å². The topological polar surface area (TPSA) is 13.0 Å². The van der Waals surface area contributed by atoms with Crippen LogP contribution in [-0.2, 0) is 0 Å². The molecule has 4 heteroatoms. The van der Waals surface area contributed by atoms with Gasteiger partial charge in [0, 0.05) is 62.6 Å². The van der Waals surface area contributed by atoms with E-state index in [1.165, 1.54) is 44.8 Å². The molecule has 1 atom stereocenters. The van der Waals surface area contributed by atoms with Crippen LogP contribution in [0.15, 0.2) is 315 Å². The fraction of sp³-hybridized carbons (Fsp3) is 0.0556. The lowest BCUT2D eigenvalue weighted by Crippen LogP contribution is -2.34. The maximum Gasteiger partial charge on any atom is 0.0556 e. The highest BCUT2D eigenvalue weighted by atomic mass is 15.2. The molecular formula is C72H58N4. The van der Waals surface area contributed by atoms with E-state index in [1.807, 2.05) is 0 Å². The number of hydrogen-bond donors (Lipinski definition) is 0. The number of allylic oxidation sites excluding steroid dienone is 6. The van der Waals surface area contributed by atoms with Gasteiger partial charge in [-0.2, -0.15) is 0 Å². The fourth-order valence-electron chi connectivity index (χ4n) is 10.7. The van der Waals surface area contributed by atoms with E-state index in [0.717, 1.165) is 70.4 Å². The van der Waals surface area contributed by atoms with Crippen molar-refractivity contribution in [2.24, 2.45) is 0 Å². The van der Waals surface area contributed by atoms with E-state index in [2.05, 4.69) is 329 Å². The summed E-state index contributed by atoms with van der Waals surface area (Å²) < 4.78 is 0. The summed E-state index contributed by atoms with van der Waals surface area (Å²) in [4.78, 5) is 9.49. The normalized spacial score (nSPS) is 13.8. The Kier molecular flexibility index (Phi) is 13.9. The molecule has 0 spiro atoms. The molecule has 0 N–H and O–H groups in total. The molecule has 0 aliphatic heterocycles. The van der Waals surface area contributed by atoms with Gasteiger partial charge in [-0.25, -0.2) is 0 Å². The van der Waals surface area contributed by atoms with Gasteiger partial charge < -0.3 is 19.6 Å². The first-order valence-corrected chi connectivity index (χ1v) is 26.4. The molecule has 366 valence electrons. The van der Waals surface area contributed by atoms with Crippen LogP contribution in [0.1, 0.15) is 24.8 Å². The third-order valence-corrected chi connectivity index (χ3v) is 14.5. The van der Waals surface area contributed by atoms with Crippen molar-refractivity contribution in [1.29, 1.82) is 0 Å². The SMILES string of the molecule is C1=CCC(N(C2=CC=C(c3ccc(N(c4ccccc4)c4ccccc4)cc3)CC2)c2ccc(-c3ccc(N(c4ccccc4)c4ccc(-c5ccc(N(c6ccccc6)c6ccccc6)cc5)cc4)cc3)cc2)C=C1. The van der Waals surface area contributed by atoms with Gasteiger partial charge in [0.05, 0.1) is 6.04 Å². The van der Waals surface area contributed by atoms with E-state index in [4.69, 9.17) is 0 Å². The zero-order valence-corrected chi connectivity index (χ0v) is 42.4. The first kappa shape index (κ1) is 47.4. The van der Waals surface area contributed by atoms with Gasteiger partial charge in [0.1, 0.15) is 0 Å². The smallest absolute Gasteiger partial charge is 0.0556 e. The van der Waals surface area contributed by atoms with Crippen LogP contribution in [0.3, 0.4) is 0 Å². The minimum Gasteiger partial charge on any atom is -0.338 e. The number of anilines is 10. The molecule has 0 aromatic heterocycles. The molecule has 1 unspecified atom stereocenters. The number of benzene rings is 10. The highest BCUT2D eigenvalue weighted by molar-refractivity contribution is 5.83. The molecule has 12 rings (SSSR count). The van der Waals surface area contributed by atoms with E-state index in [-0.39, 0.29) is 6.04 Å². The molecule has 76 heavy (non-hydrogen) atoms. The molecule has 0 radical (unpaired) electrons. The largest absolute Gasteiger partial charge is 0.338 e. The Morgan fingerprint density at radius 2 is 0.566 bits per heavy atom. The van der Waals surface area contributed by atoms with Gasteiger partial charge in [0.15, 0.2) is 0 Å². The number of hydrogen-bond acceptors (Lipinski definition) is 4. The minimum atomic E-state index is 0.243. The summed E-state index contributed by atoms with van der Waals surface area (Å²) in [6, 6.07) is 98.2. The molecule has 4 nitrogen and oxygen atoms in total. The van der Waals surface area contributed by atoms with Gasteiger partial charge in [0.25, 0.3) is 0 Å². The Labute approximate surface area is 448 Å². The third kappa shape index (κ3) is 10.3. The quantitative estimate of drug-likeness (QED) is 0.101. The van der Waals surface area contributed by atoms with Crippen molar-refractivity contribution in [3.63, 3.8) is 0 Å². The highest BCUT2D eigenvalue weighted by Crippen LogP contribution is 2.41. The van der Waals surface area contributed by atoms with Crippen molar-refractivity contribution in [2.45, 2.75) is 25.3 Å². The Balaban J connectivity index is 0.767. The molecule has 0 saturated heterocycles. The van der Waals surface area contributed by atoms with Crippen molar-refractivity contribution in [3.8, 4) is 22.3 Å². The molecule has 10 aromatic rings. The second-order valence-electron chi connectivity index (χ2n) is 19.3. The summed E-state index contributed by atoms with van der Waals surface area (Å²) >= 11 is 0. The maximum absolute atomic E-state index is 2.55. The lowest BCUT2D eigenvalue weighted by Gasteiger charge is -2.36. The number of nitrogens with zero attached hydrogens (tertiary/aromatic N) is 4. The summed E-state index contributed by atoms with van der Waals surface area (Å²) in [5, 5.41) is 0. The fourth-order valence-corrected chi connectivity index (χ4v) is 10.7. The summed E-state index contributed by atoms with van der Waals surface area (Å²) in [7, 11) is 0. The second-order valence-corrected chi connectivity index (χ2v) is 19.3. The van der Waals surface area contributed by atoms with Crippen LogP contribution < -0.4 is 19.6 Å². The van der Waals surface area contributed by atoms with E-state index in [9.17, 15) is 0 Å². The summed E-state index contributed by atoms with van der Waals surface area (Å²) in [5.41, 5.74) is 20.0. The second kappa shape index (κ2) is 22.2. The summed E-state index contributed by atoms with van der Waals surface area (Å²) in [6.45, 7) is 0. The zero-order valence-electron chi connectivity index (χ0n) is 42.4. The van der Waals surface area contributed by atoms with Gasteiger partial charge in [-0.1, -0.05) is 182 Å². The van der Waals surface area contributed by atoms with Crippen molar-refractivity contribution < 1.29 is 0 Å². The lowest BCUT2D eigenvalue weighted by molar-refractivity contribution is 0.723. The van der Waals surface area contributed by atoms with E-state index in [0.29, 0.717) is 0 Å². The van der Waals surface area contributed by atoms with Gasteiger partial charge in [-0.3, -0.25) is 0 Å².